The average molecular weight is 274 g/mol. The molecule has 1 aliphatic rings. The van der Waals surface area contributed by atoms with Crippen LogP contribution in [0.3, 0.4) is 0 Å². The summed E-state index contributed by atoms with van der Waals surface area (Å²) >= 11 is 0. The number of rotatable bonds is 3. The standard InChI is InChI=1S/C10H18N4O3S/c1-9-8-10(11-17-9)13-4-6-14(7-5-13)18(15,16)12(2)3/h8H,4-7H2,1-3H3. The third-order valence-corrected chi connectivity index (χ3v) is 4.91. The maximum Gasteiger partial charge on any atom is 0.281 e. The molecule has 0 aromatic carbocycles. The quantitative estimate of drug-likeness (QED) is 0.770. The second kappa shape index (κ2) is 4.87. The number of aryl methyl sites for hydroxylation is 1. The molecule has 0 radical (unpaired) electrons. The number of piperazine rings is 1. The van der Waals surface area contributed by atoms with E-state index in [0.717, 1.165) is 11.6 Å². The molecule has 0 aliphatic carbocycles. The third kappa shape index (κ3) is 2.50. The fourth-order valence-electron chi connectivity index (χ4n) is 1.88. The molecule has 0 spiro atoms. The van der Waals surface area contributed by atoms with Gasteiger partial charge in [-0.1, -0.05) is 5.16 Å². The number of aromatic nitrogens is 1. The van der Waals surface area contributed by atoms with Crippen LogP contribution >= 0.6 is 0 Å². The third-order valence-electron chi connectivity index (χ3n) is 2.97. The summed E-state index contributed by atoms with van der Waals surface area (Å²) in [6.07, 6.45) is 0. The number of hydrogen-bond donors (Lipinski definition) is 0. The van der Waals surface area contributed by atoms with E-state index >= 15 is 0 Å². The van der Waals surface area contributed by atoms with Gasteiger partial charge in [0.05, 0.1) is 0 Å². The van der Waals surface area contributed by atoms with E-state index in [1.165, 1.54) is 8.61 Å². The van der Waals surface area contributed by atoms with Crippen molar-refractivity contribution in [3.63, 3.8) is 0 Å². The molecule has 0 unspecified atom stereocenters. The summed E-state index contributed by atoms with van der Waals surface area (Å²) in [5.74, 6) is 1.53. The van der Waals surface area contributed by atoms with Gasteiger partial charge >= 0.3 is 0 Å². The summed E-state index contributed by atoms with van der Waals surface area (Å²) in [4.78, 5) is 2.03. The Bertz CT molecular complexity index is 503. The molecule has 1 aromatic rings. The SMILES string of the molecule is Cc1cc(N2CCN(S(=O)(=O)N(C)C)CC2)no1. The molecule has 7 nitrogen and oxygen atoms in total. The Hall–Kier alpha value is -1.12. The molecule has 0 amide bonds. The van der Waals surface area contributed by atoms with Crippen molar-refractivity contribution in [2.75, 3.05) is 45.2 Å². The molecule has 1 aromatic heterocycles. The predicted octanol–water partition coefficient (Wildman–Crippen LogP) is -0.0886. The van der Waals surface area contributed by atoms with Gasteiger partial charge < -0.3 is 9.42 Å². The van der Waals surface area contributed by atoms with Crippen LogP contribution in [-0.4, -0.2) is 62.5 Å². The van der Waals surface area contributed by atoms with Gasteiger partial charge in [0, 0.05) is 46.3 Å². The highest BCUT2D eigenvalue weighted by Crippen LogP contribution is 2.17. The van der Waals surface area contributed by atoms with Gasteiger partial charge in [0.25, 0.3) is 10.2 Å². The highest BCUT2D eigenvalue weighted by Gasteiger charge is 2.29. The van der Waals surface area contributed by atoms with E-state index < -0.39 is 10.2 Å². The minimum absolute atomic E-state index is 0.465. The van der Waals surface area contributed by atoms with E-state index in [9.17, 15) is 8.42 Å². The zero-order chi connectivity index (χ0) is 13.3. The minimum Gasteiger partial charge on any atom is -0.360 e. The van der Waals surface area contributed by atoms with Crippen LogP contribution in [0, 0.1) is 6.92 Å². The molecule has 1 saturated heterocycles. The van der Waals surface area contributed by atoms with Gasteiger partial charge in [-0.2, -0.15) is 17.0 Å². The van der Waals surface area contributed by atoms with Gasteiger partial charge in [-0.15, -0.1) is 0 Å². The Morgan fingerprint density at radius 1 is 1.28 bits per heavy atom. The minimum atomic E-state index is -3.30. The number of nitrogens with zero attached hydrogens (tertiary/aromatic N) is 4. The lowest BCUT2D eigenvalue weighted by Gasteiger charge is -2.34. The molecule has 18 heavy (non-hydrogen) atoms. The maximum absolute atomic E-state index is 11.9. The van der Waals surface area contributed by atoms with Crippen molar-refractivity contribution >= 4 is 16.0 Å². The van der Waals surface area contributed by atoms with E-state index in [-0.39, 0.29) is 0 Å². The topological polar surface area (TPSA) is 69.9 Å². The first kappa shape index (κ1) is 13.3. The summed E-state index contributed by atoms with van der Waals surface area (Å²) in [7, 11) is -0.216. The van der Waals surface area contributed by atoms with Gasteiger partial charge in [0.2, 0.25) is 0 Å². The molecule has 0 saturated carbocycles. The molecule has 0 atom stereocenters. The predicted molar refractivity (Wildman–Crippen MR) is 67.6 cm³/mol. The van der Waals surface area contributed by atoms with Crippen molar-refractivity contribution in [1.82, 2.24) is 13.8 Å². The zero-order valence-corrected chi connectivity index (χ0v) is 11.6. The first-order valence-corrected chi connectivity index (χ1v) is 7.17. The molecule has 2 rings (SSSR count). The van der Waals surface area contributed by atoms with Gasteiger partial charge in [-0.3, -0.25) is 0 Å². The smallest absolute Gasteiger partial charge is 0.281 e. The Morgan fingerprint density at radius 2 is 1.89 bits per heavy atom. The summed E-state index contributed by atoms with van der Waals surface area (Å²) < 4.78 is 31.6. The number of anilines is 1. The molecule has 0 N–H and O–H groups in total. The molecule has 1 aliphatic heterocycles. The van der Waals surface area contributed by atoms with Gasteiger partial charge in [-0.05, 0) is 6.92 Å². The van der Waals surface area contributed by atoms with Gasteiger partial charge in [0.1, 0.15) is 5.76 Å². The van der Waals surface area contributed by atoms with Crippen LogP contribution in [0.4, 0.5) is 5.82 Å². The van der Waals surface area contributed by atoms with E-state index in [2.05, 4.69) is 5.16 Å². The number of hydrogen-bond acceptors (Lipinski definition) is 5. The van der Waals surface area contributed by atoms with Crippen LogP contribution in [0.25, 0.3) is 0 Å². The second-order valence-electron chi connectivity index (χ2n) is 4.47. The lowest BCUT2D eigenvalue weighted by molar-refractivity contribution is 0.350. The van der Waals surface area contributed by atoms with E-state index in [0.29, 0.717) is 26.2 Å². The molecular formula is C10H18N4O3S. The van der Waals surface area contributed by atoms with Crippen molar-refractivity contribution in [3.05, 3.63) is 11.8 Å². The van der Waals surface area contributed by atoms with Crippen LogP contribution in [0.2, 0.25) is 0 Å². The summed E-state index contributed by atoms with van der Waals surface area (Å²) in [6, 6.07) is 1.86. The molecule has 2 heterocycles. The van der Waals surface area contributed by atoms with E-state index in [1.54, 1.807) is 14.1 Å². The first-order chi connectivity index (χ1) is 8.41. The largest absolute Gasteiger partial charge is 0.360 e. The summed E-state index contributed by atoms with van der Waals surface area (Å²) in [5.41, 5.74) is 0. The van der Waals surface area contributed by atoms with Crippen molar-refractivity contribution in [3.8, 4) is 0 Å². The highest BCUT2D eigenvalue weighted by atomic mass is 32.2. The van der Waals surface area contributed by atoms with Crippen molar-refractivity contribution < 1.29 is 12.9 Å². The van der Waals surface area contributed by atoms with Crippen molar-refractivity contribution in [2.45, 2.75) is 6.92 Å². The van der Waals surface area contributed by atoms with Crippen molar-refractivity contribution in [2.24, 2.45) is 0 Å². The second-order valence-corrected chi connectivity index (χ2v) is 6.61. The lowest BCUT2D eigenvalue weighted by Crippen LogP contribution is -2.51. The Morgan fingerprint density at radius 3 is 2.33 bits per heavy atom. The lowest BCUT2D eigenvalue weighted by atomic mass is 10.3. The van der Waals surface area contributed by atoms with Crippen LogP contribution < -0.4 is 4.90 Å². The maximum atomic E-state index is 11.9. The zero-order valence-electron chi connectivity index (χ0n) is 10.8. The Kier molecular flexibility index (Phi) is 3.60. The van der Waals surface area contributed by atoms with Crippen LogP contribution in [-0.2, 0) is 10.2 Å². The molecule has 1 fully saturated rings. The van der Waals surface area contributed by atoms with Gasteiger partial charge in [0.15, 0.2) is 5.82 Å². The Labute approximate surface area is 107 Å². The van der Waals surface area contributed by atoms with Crippen LogP contribution in [0.1, 0.15) is 5.76 Å². The molecule has 0 bridgehead atoms. The first-order valence-electron chi connectivity index (χ1n) is 5.77. The summed E-state index contributed by atoms with van der Waals surface area (Å²) in [6.45, 7) is 4.01. The average Bonchev–Trinajstić information content (AvgIpc) is 2.76. The van der Waals surface area contributed by atoms with Crippen LogP contribution in [0.5, 0.6) is 0 Å². The molecule has 8 heteroatoms. The van der Waals surface area contributed by atoms with Crippen molar-refractivity contribution in [1.29, 1.82) is 0 Å². The monoisotopic (exact) mass is 274 g/mol. The van der Waals surface area contributed by atoms with Crippen LogP contribution in [0.15, 0.2) is 10.6 Å². The summed E-state index contributed by atoms with van der Waals surface area (Å²) in [5, 5.41) is 3.93. The normalized spacial score (nSPS) is 18.6. The molecular weight excluding hydrogens is 256 g/mol. The Balaban J connectivity index is 2.01. The highest BCUT2D eigenvalue weighted by molar-refractivity contribution is 7.86. The fourth-order valence-corrected chi connectivity index (χ4v) is 2.97. The van der Waals surface area contributed by atoms with E-state index in [1.807, 2.05) is 17.9 Å². The molecule has 102 valence electrons. The van der Waals surface area contributed by atoms with E-state index in [4.69, 9.17) is 4.52 Å². The van der Waals surface area contributed by atoms with Gasteiger partial charge in [-0.25, -0.2) is 0 Å². The fraction of sp³-hybridized carbons (Fsp3) is 0.700.